The first-order valence-electron chi connectivity index (χ1n) is 9.21. The first-order valence-corrected chi connectivity index (χ1v) is 9.59. The molecule has 0 aliphatic rings. The van der Waals surface area contributed by atoms with E-state index in [1.54, 1.807) is 35.9 Å². The Bertz CT molecular complexity index is 1360. The summed E-state index contributed by atoms with van der Waals surface area (Å²) < 4.78 is 14.1. The molecule has 8 nitrogen and oxygen atoms in total. The van der Waals surface area contributed by atoms with E-state index in [1.807, 2.05) is 42.5 Å². The zero-order chi connectivity index (χ0) is 20.7. The van der Waals surface area contributed by atoms with Crippen LogP contribution in [-0.4, -0.2) is 43.6 Å². The predicted octanol–water partition coefficient (Wildman–Crippen LogP) is 3.72. The second kappa shape index (κ2) is 7.31. The van der Waals surface area contributed by atoms with Crippen LogP contribution in [0.3, 0.4) is 0 Å². The number of rotatable bonds is 5. The van der Waals surface area contributed by atoms with Crippen LogP contribution in [0.1, 0.15) is 11.4 Å². The molecule has 0 unspecified atom stereocenters. The lowest BCUT2D eigenvalue weighted by atomic mass is 10.1. The van der Waals surface area contributed by atoms with Gasteiger partial charge in [0, 0.05) is 11.4 Å². The third-order valence-corrected chi connectivity index (χ3v) is 5.08. The van der Waals surface area contributed by atoms with Crippen LogP contribution in [0, 0.1) is 0 Å². The number of fused-ring (bicyclic) bond motifs is 3. The molecule has 0 spiro atoms. The van der Waals surface area contributed by atoms with Crippen molar-refractivity contribution in [3.05, 3.63) is 71.4 Å². The topological polar surface area (TPSA) is 79.4 Å². The summed E-state index contributed by atoms with van der Waals surface area (Å²) >= 11 is 5.99. The minimum atomic E-state index is 0.550. The molecule has 5 rings (SSSR count). The molecule has 3 aromatic heterocycles. The van der Waals surface area contributed by atoms with E-state index in [-0.39, 0.29) is 0 Å². The first-order chi connectivity index (χ1) is 14.7. The van der Waals surface area contributed by atoms with Gasteiger partial charge in [0.2, 0.25) is 0 Å². The standard InChI is InChI=1S/C21H17ClN6O2/c1-29-17-8-3-13(9-18(17)30-2)10-19-25-21-16-11-24-28(15-6-4-14(22)5-7-15)20(16)23-12-27(21)26-19/h3-9,11-12H,10H2,1-2H3. The van der Waals surface area contributed by atoms with Crippen molar-refractivity contribution >= 4 is 28.3 Å². The molecule has 3 heterocycles. The molecule has 0 aliphatic carbocycles. The number of hydrogen-bond acceptors (Lipinski definition) is 6. The van der Waals surface area contributed by atoms with Gasteiger partial charge in [-0.15, -0.1) is 5.10 Å². The van der Waals surface area contributed by atoms with E-state index in [0.717, 1.165) is 16.6 Å². The molecule has 0 bridgehead atoms. The van der Waals surface area contributed by atoms with E-state index in [9.17, 15) is 0 Å². The second-order valence-electron chi connectivity index (χ2n) is 6.68. The molecule has 0 amide bonds. The van der Waals surface area contributed by atoms with Gasteiger partial charge in [-0.25, -0.2) is 19.2 Å². The van der Waals surface area contributed by atoms with Gasteiger partial charge in [0.1, 0.15) is 6.33 Å². The van der Waals surface area contributed by atoms with Crippen LogP contribution in [0.5, 0.6) is 11.5 Å². The number of methoxy groups -OCH3 is 2. The number of ether oxygens (including phenoxy) is 2. The quantitative estimate of drug-likeness (QED) is 0.431. The van der Waals surface area contributed by atoms with Crippen LogP contribution < -0.4 is 9.47 Å². The van der Waals surface area contributed by atoms with Gasteiger partial charge in [-0.3, -0.25) is 0 Å². The lowest BCUT2D eigenvalue weighted by molar-refractivity contribution is 0.354. The van der Waals surface area contributed by atoms with Crippen LogP contribution in [0.4, 0.5) is 0 Å². The van der Waals surface area contributed by atoms with E-state index in [0.29, 0.717) is 40.1 Å². The van der Waals surface area contributed by atoms with Gasteiger partial charge in [0.15, 0.2) is 28.6 Å². The van der Waals surface area contributed by atoms with E-state index in [4.69, 9.17) is 26.1 Å². The van der Waals surface area contributed by atoms with Crippen molar-refractivity contribution in [3.63, 3.8) is 0 Å². The monoisotopic (exact) mass is 420 g/mol. The Morgan fingerprint density at radius 1 is 0.967 bits per heavy atom. The molecule has 0 fully saturated rings. The highest BCUT2D eigenvalue weighted by molar-refractivity contribution is 6.30. The van der Waals surface area contributed by atoms with Gasteiger partial charge < -0.3 is 9.47 Å². The summed E-state index contributed by atoms with van der Waals surface area (Å²) in [4.78, 5) is 9.25. The third-order valence-electron chi connectivity index (χ3n) is 4.83. The van der Waals surface area contributed by atoms with Crippen LogP contribution in [-0.2, 0) is 6.42 Å². The highest BCUT2D eigenvalue weighted by Crippen LogP contribution is 2.28. The van der Waals surface area contributed by atoms with Gasteiger partial charge in [0.05, 0.1) is 31.5 Å². The Hall–Kier alpha value is -3.65. The molecule has 150 valence electrons. The van der Waals surface area contributed by atoms with Crippen molar-refractivity contribution in [1.29, 1.82) is 0 Å². The van der Waals surface area contributed by atoms with Gasteiger partial charge >= 0.3 is 0 Å². The minimum absolute atomic E-state index is 0.550. The number of aromatic nitrogens is 6. The lowest BCUT2D eigenvalue weighted by Gasteiger charge is -2.08. The minimum Gasteiger partial charge on any atom is -0.493 e. The Morgan fingerprint density at radius 2 is 1.77 bits per heavy atom. The fraction of sp³-hybridized carbons (Fsp3) is 0.143. The van der Waals surface area contributed by atoms with E-state index < -0.39 is 0 Å². The maximum atomic E-state index is 5.99. The molecular weight excluding hydrogens is 404 g/mol. The third kappa shape index (κ3) is 3.11. The predicted molar refractivity (Wildman–Crippen MR) is 113 cm³/mol. The van der Waals surface area contributed by atoms with Crippen LogP contribution in [0.15, 0.2) is 55.0 Å². The van der Waals surface area contributed by atoms with Crippen LogP contribution in [0.2, 0.25) is 5.02 Å². The van der Waals surface area contributed by atoms with E-state index in [1.165, 1.54) is 0 Å². The summed E-state index contributed by atoms with van der Waals surface area (Å²) in [6, 6.07) is 13.2. The first kappa shape index (κ1) is 18.4. The fourth-order valence-electron chi connectivity index (χ4n) is 3.38. The molecule has 30 heavy (non-hydrogen) atoms. The Morgan fingerprint density at radius 3 is 2.53 bits per heavy atom. The summed E-state index contributed by atoms with van der Waals surface area (Å²) in [5, 5.41) is 10.5. The summed E-state index contributed by atoms with van der Waals surface area (Å²) in [6.45, 7) is 0. The highest BCUT2D eigenvalue weighted by atomic mass is 35.5. The molecule has 0 atom stereocenters. The normalized spacial score (nSPS) is 11.3. The Balaban J connectivity index is 1.53. The molecule has 0 N–H and O–H groups in total. The van der Waals surface area contributed by atoms with Gasteiger partial charge in [-0.2, -0.15) is 5.10 Å². The SMILES string of the molecule is COc1ccc(Cc2nc3c4cnn(-c5ccc(Cl)cc5)c4ncn3n2)cc1OC. The molecular formula is C21H17ClN6O2. The van der Waals surface area contributed by atoms with Gasteiger partial charge in [0.25, 0.3) is 0 Å². The number of halogens is 1. The fourth-order valence-corrected chi connectivity index (χ4v) is 3.51. The molecule has 5 aromatic rings. The van der Waals surface area contributed by atoms with Crippen molar-refractivity contribution in [2.45, 2.75) is 6.42 Å². The average molecular weight is 421 g/mol. The number of hydrogen-bond donors (Lipinski definition) is 0. The summed E-state index contributed by atoms with van der Waals surface area (Å²) in [7, 11) is 3.23. The summed E-state index contributed by atoms with van der Waals surface area (Å²) in [5.74, 6) is 2.03. The van der Waals surface area contributed by atoms with Gasteiger partial charge in [-0.05, 0) is 42.0 Å². The molecule has 0 saturated heterocycles. The molecule has 0 aliphatic heterocycles. The summed E-state index contributed by atoms with van der Waals surface area (Å²) in [6.07, 6.45) is 3.95. The second-order valence-corrected chi connectivity index (χ2v) is 7.11. The zero-order valence-electron chi connectivity index (χ0n) is 16.3. The Kier molecular flexibility index (Phi) is 4.48. The van der Waals surface area contributed by atoms with Crippen molar-refractivity contribution in [2.75, 3.05) is 14.2 Å². The van der Waals surface area contributed by atoms with E-state index in [2.05, 4.69) is 15.2 Å². The highest BCUT2D eigenvalue weighted by Gasteiger charge is 2.14. The molecule has 2 aromatic carbocycles. The van der Waals surface area contributed by atoms with Crippen LogP contribution in [0.25, 0.3) is 22.4 Å². The number of nitrogens with zero attached hydrogens (tertiary/aromatic N) is 6. The van der Waals surface area contributed by atoms with Crippen molar-refractivity contribution in [2.24, 2.45) is 0 Å². The zero-order valence-corrected chi connectivity index (χ0v) is 17.0. The molecule has 9 heteroatoms. The van der Waals surface area contributed by atoms with Crippen LogP contribution >= 0.6 is 11.6 Å². The smallest absolute Gasteiger partial charge is 0.170 e. The number of benzene rings is 2. The van der Waals surface area contributed by atoms with Gasteiger partial charge in [-0.1, -0.05) is 17.7 Å². The largest absolute Gasteiger partial charge is 0.493 e. The Labute approximate surface area is 176 Å². The van der Waals surface area contributed by atoms with Crippen molar-refractivity contribution in [3.8, 4) is 17.2 Å². The maximum absolute atomic E-state index is 5.99. The average Bonchev–Trinajstić information content (AvgIpc) is 3.37. The van der Waals surface area contributed by atoms with Crippen molar-refractivity contribution in [1.82, 2.24) is 29.4 Å². The van der Waals surface area contributed by atoms with Crippen molar-refractivity contribution < 1.29 is 9.47 Å². The lowest BCUT2D eigenvalue weighted by Crippen LogP contribution is -1.98. The van der Waals surface area contributed by atoms with E-state index >= 15 is 0 Å². The molecule has 0 saturated carbocycles. The summed E-state index contributed by atoms with van der Waals surface area (Å²) in [5.41, 5.74) is 3.30. The maximum Gasteiger partial charge on any atom is 0.170 e. The molecule has 0 radical (unpaired) electrons.